The number of rotatable bonds is 9. The van der Waals surface area contributed by atoms with E-state index >= 15 is 0 Å². The molecule has 9 nitrogen and oxygen atoms in total. The Bertz CT molecular complexity index is 1570. The number of carbonyl (C=O) groups is 1. The van der Waals surface area contributed by atoms with Gasteiger partial charge in [0.2, 0.25) is 11.9 Å². The van der Waals surface area contributed by atoms with E-state index in [1.165, 1.54) is 6.08 Å². The van der Waals surface area contributed by atoms with Crippen molar-refractivity contribution in [2.24, 2.45) is 7.05 Å². The highest BCUT2D eigenvalue weighted by Gasteiger charge is 2.17. The van der Waals surface area contributed by atoms with Gasteiger partial charge in [0.1, 0.15) is 11.8 Å². The minimum atomic E-state index is -0.314. The van der Waals surface area contributed by atoms with Crippen LogP contribution in [0.2, 0.25) is 0 Å². The van der Waals surface area contributed by atoms with Crippen LogP contribution in [0.5, 0.6) is 5.75 Å². The number of ether oxygens (including phenoxy) is 1. The van der Waals surface area contributed by atoms with Crippen molar-refractivity contribution in [2.45, 2.75) is 20.3 Å². The average molecular weight is 510 g/mol. The van der Waals surface area contributed by atoms with Crippen LogP contribution >= 0.6 is 0 Å². The number of aromatic nitrogens is 3. The first-order valence-corrected chi connectivity index (χ1v) is 12.3. The van der Waals surface area contributed by atoms with Gasteiger partial charge in [-0.25, -0.2) is 9.97 Å². The average Bonchev–Trinajstić information content (AvgIpc) is 3.21. The van der Waals surface area contributed by atoms with Crippen molar-refractivity contribution in [2.75, 3.05) is 36.2 Å². The van der Waals surface area contributed by atoms with Gasteiger partial charge in [0.05, 0.1) is 40.9 Å². The lowest BCUT2D eigenvalue weighted by molar-refractivity contribution is -0.111. The fourth-order valence-electron chi connectivity index (χ4n) is 4.56. The van der Waals surface area contributed by atoms with Crippen LogP contribution in [0.15, 0.2) is 55.4 Å². The van der Waals surface area contributed by atoms with Crippen LogP contribution in [0.3, 0.4) is 0 Å². The zero-order valence-corrected chi connectivity index (χ0v) is 22.3. The summed E-state index contributed by atoms with van der Waals surface area (Å²) in [5.74, 6) is 0.604. The zero-order valence-electron chi connectivity index (χ0n) is 22.3. The van der Waals surface area contributed by atoms with Crippen molar-refractivity contribution >= 4 is 39.8 Å². The topological polar surface area (TPSA) is 108 Å². The van der Waals surface area contributed by atoms with Gasteiger partial charge in [-0.1, -0.05) is 13.5 Å². The standard InChI is InChI=1S/C29H31N7O2/c1-7-11-35(4)25-15-26(38-6)24(14-23(25)32-27(37)8-2)34-29-31-10-9-22(33-29)19-12-20(16-30)28-21(13-19)18(3)17-36(28)5/h8-10,12-15,17H,2,7,11H2,1,3-6H3,(H,32,37)(H,31,33,34). The van der Waals surface area contributed by atoms with Crippen molar-refractivity contribution in [3.8, 4) is 23.1 Å². The molecule has 0 radical (unpaired) electrons. The van der Waals surface area contributed by atoms with E-state index < -0.39 is 0 Å². The molecule has 0 fully saturated rings. The van der Waals surface area contributed by atoms with E-state index in [1.54, 1.807) is 19.4 Å². The Morgan fingerprint density at radius 2 is 2.08 bits per heavy atom. The van der Waals surface area contributed by atoms with Crippen LogP contribution in [0, 0.1) is 18.3 Å². The Morgan fingerprint density at radius 1 is 1.29 bits per heavy atom. The van der Waals surface area contributed by atoms with Gasteiger partial charge in [-0.15, -0.1) is 0 Å². The number of carbonyl (C=O) groups excluding carboxylic acids is 1. The molecule has 0 aliphatic rings. The smallest absolute Gasteiger partial charge is 0.247 e. The first-order valence-electron chi connectivity index (χ1n) is 12.3. The summed E-state index contributed by atoms with van der Waals surface area (Å²) in [6, 6.07) is 11.7. The number of fused-ring (bicyclic) bond motifs is 1. The highest BCUT2D eigenvalue weighted by Crippen LogP contribution is 2.38. The van der Waals surface area contributed by atoms with Gasteiger partial charge in [-0.3, -0.25) is 4.79 Å². The van der Waals surface area contributed by atoms with E-state index in [1.807, 2.05) is 56.0 Å². The summed E-state index contributed by atoms with van der Waals surface area (Å²) < 4.78 is 7.63. The van der Waals surface area contributed by atoms with E-state index in [9.17, 15) is 10.1 Å². The normalized spacial score (nSPS) is 10.6. The zero-order chi connectivity index (χ0) is 27.4. The quantitative estimate of drug-likeness (QED) is 0.285. The van der Waals surface area contributed by atoms with Gasteiger partial charge in [-0.05, 0) is 49.2 Å². The Balaban J connectivity index is 1.75. The number of methoxy groups -OCH3 is 1. The maximum atomic E-state index is 12.2. The lowest BCUT2D eigenvalue weighted by Crippen LogP contribution is -2.21. The van der Waals surface area contributed by atoms with Gasteiger partial charge in [0.15, 0.2) is 0 Å². The monoisotopic (exact) mass is 509 g/mol. The first-order chi connectivity index (χ1) is 18.3. The molecule has 0 atom stereocenters. The van der Waals surface area contributed by atoms with Crippen molar-refractivity contribution in [1.29, 1.82) is 5.26 Å². The maximum absolute atomic E-state index is 12.2. The molecule has 0 saturated heterocycles. The number of nitriles is 1. The van der Waals surface area contributed by atoms with Crippen LogP contribution in [0.4, 0.5) is 23.0 Å². The molecule has 2 aromatic heterocycles. The van der Waals surface area contributed by atoms with Crippen molar-refractivity contribution in [3.63, 3.8) is 0 Å². The second-order valence-electron chi connectivity index (χ2n) is 9.03. The molecule has 1 amide bonds. The molecule has 0 aliphatic carbocycles. The summed E-state index contributed by atoms with van der Waals surface area (Å²) in [4.78, 5) is 23.3. The van der Waals surface area contributed by atoms with Crippen LogP contribution in [-0.4, -0.2) is 41.1 Å². The molecule has 0 spiro atoms. The SMILES string of the molecule is C=CC(=O)Nc1cc(Nc2nccc(-c3cc(C#N)c4c(c3)c(C)cn4C)n2)c(OC)cc1N(C)CCC. The predicted molar refractivity (Wildman–Crippen MR) is 152 cm³/mol. The van der Waals surface area contributed by atoms with Crippen LogP contribution in [-0.2, 0) is 11.8 Å². The summed E-state index contributed by atoms with van der Waals surface area (Å²) >= 11 is 0. The Hall–Kier alpha value is -4.84. The summed E-state index contributed by atoms with van der Waals surface area (Å²) in [7, 11) is 5.49. The minimum Gasteiger partial charge on any atom is -0.494 e. The number of benzene rings is 2. The van der Waals surface area contributed by atoms with Gasteiger partial charge in [0, 0.05) is 50.0 Å². The third-order valence-corrected chi connectivity index (χ3v) is 6.32. The largest absolute Gasteiger partial charge is 0.494 e. The maximum Gasteiger partial charge on any atom is 0.247 e. The molecule has 9 heteroatoms. The second kappa shape index (κ2) is 11.0. The number of anilines is 4. The lowest BCUT2D eigenvalue weighted by atomic mass is 10.0. The van der Waals surface area contributed by atoms with Crippen LogP contribution in [0.25, 0.3) is 22.2 Å². The molecule has 38 heavy (non-hydrogen) atoms. The van der Waals surface area contributed by atoms with Gasteiger partial charge in [-0.2, -0.15) is 5.26 Å². The number of hydrogen-bond donors (Lipinski definition) is 2. The molecular weight excluding hydrogens is 478 g/mol. The lowest BCUT2D eigenvalue weighted by Gasteiger charge is -2.24. The number of nitrogens with one attached hydrogen (secondary N) is 2. The number of aryl methyl sites for hydroxylation is 2. The molecule has 4 aromatic rings. The van der Waals surface area contributed by atoms with Crippen LogP contribution < -0.4 is 20.3 Å². The number of nitrogens with zero attached hydrogens (tertiary/aromatic N) is 5. The van der Waals surface area contributed by atoms with E-state index in [-0.39, 0.29) is 5.91 Å². The van der Waals surface area contributed by atoms with E-state index in [0.29, 0.717) is 34.3 Å². The molecule has 0 aliphatic heterocycles. The Morgan fingerprint density at radius 3 is 2.76 bits per heavy atom. The minimum absolute atomic E-state index is 0.314. The van der Waals surface area contributed by atoms with Crippen LogP contribution in [0.1, 0.15) is 24.5 Å². The fourth-order valence-corrected chi connectivity index (χ4v) is 4.56. The number of amides is 1. The van der Waals surface area contributed by atoms with E-state index in [0.717, 1.165) is 40.7 Å². The molecule has 0 unspecified atom stereocenters. The number of hydrogen-bond acceptors (Lipinski definition) is 7. The van der Waals surface area contributed by atoms with E-state index in [4.69, 9.17) is 9.72 Å². The van der Waals surface area contributed by atoms with Crippen molar-refractivity contribution in [3.05, 3.63) is 66.5 Å². The summed E-state index contributed by atoms with van der Waals surface area (Å²) in [6.07, 6.45) is 5.85. The molecule has 0 saturated carbocycles. The summed E-state index contributed by atoms with van der Waals surface area (Å²) in [5.41, 5.74) is 6.05. The summed E-state index contributed by atoms with van der Waals surface area (Å²) in [5, 5.41) is 16.9. The van der Waals surface area contributed by atoms with E-state index in [2.05, 4.69) is 40.1 Å². The third-order valence-electron chi connectivity index (χ3n) is 6.32. The molecule has 0 bridgehead atoms. The fraction of sp³-hybridized carbons (Fsp3) is 0.241. The Labute approximate surface area is 222 Å². The van der Waals surface area contributed by atoms with Gasteiger partial charge in [0.25, 0.3) is 0 Å². The van der Waals surface area contributed by atoms with Gasteiger partial charge < -0.3 is 24.8 Å². The molecular formula is C29H31N7O2. The predicted octanol–water partition coefficient (Wildman–Crippen LogP) is 5.54. The second-order valence-corrected chi connectivity index (χ2v) is 9.03. The van der Waals surface area contributed by atoms with Gasteiger partial charge >= 0.3 is 0 Å². The molecule has 2 N–H and O–H groups in total. The molecule has 4 rings (SSSR count). The molecule has 2 aromatic carbocycles. The summed E-state index contributed by atoms with van der Waals surface area (Å²) in [6.45, 7) is 8.47. The molecule has 2 heterocycles. The highest BCUT2D eigenvalue weighted by atomic mass is 16.5. The highest BCUT2D eigenvalue weighted by molar-refractivity contribution is 6.02. The molecule has 194 valence electrons. The Kier molecular flexibility index (Phi) is 7.63. The van der Waals surface area contributed by atoms with Crippen molar-refractivity contribution in [1.82, 2.24) is 14.5 Å². The van der Waals surface area contributed by atoms with Crippen molar-refractivity contribution < 1.29 is 9.53 Å². The first kappa shape index (κ1) is 26.2. The third kappa shape index (κ3) is 5.15.